The van der Waals surface area contributed by atoms with Gasteiger partial charge in [-0.2, -0.15) is 0 Å². The molecular formula is C12H16ClN3O. The molecule has 0 saturated heterocycles. The highest BCUT2D eigenvalue weighted by Crippen LogP contribution is 2.22. The summed E-state index contributed by atoms with van der Waals surface area (Å²) in [7, 11) is 3.60. The number of rotatable bonds is 5. The lowest BCUT2D eigenvalue weighted by Crippen LogP contribution is -2.09. The van der Waals surface area contributed by atoms with E-state index in [-0.39, 0.29) is 0 Å². The molecule has 5 heteroatoms. The van der Waals surface area contributed by atoms with Gasteiger partial charge in [-0.1, -0.05) is 11.6 Å². The van der Waals surface area contributed by atoms with E-state index < -0.39 is 0 Å². The second-order valence-corrected chi connectivity index (χ2v) is 4.21. The Kier molecular flexibility index (Phi) is 3.86. The number of imidazole rings is 1. The van der Waals surface area contributed by atoms with E-state index in [9.17, 15) is 0 Å². The predicted molar refractivity (Wildman–Crippen MR) is 69.0 cm³/mol. The molecule has 2 rings (SSSR count). The summed E-state index contributed by atoms with van der Waals surface area (Å²) in [5.74, 6) is 1.78. The van der Waals surface area contributed by atoms with Gasteiger partial charge in [-0.25, -0.2) is 4.98 Å². The SMILES string of the molecule is CNCCCc1nc(Cl)c2ccc(OC)cn12. The number of aromatic nitrogens is 2. The highest BCUT2D eigenvalue weighted by atomic mass is 35.5. The molecule has 0 saturated carbocycles. The molecule has 2 aromatic rings. The summed E-state index contributed by atoms with van der Waals surface area (Å²) in [5.41, 5.74) is 0.923. The van der Waals surface area contributed by atoms with E-state index in [1.807, 2.05) is 29.8 Å². The van der Waals surface area contributed by atoms with Gasteiger partial charge in [0, 0.05) is 6.42 Å². The third kappa shape index (κ3) is 2.53. The Morgan fingerprint density at radius 2 is 2.29 bits per heavy atom. The van der Waals surface area contributed by atoms with Gasteiger partial charge in [0.2, 0.25) is 0 Å². The number of hydrogen-bond acceptors (Lipinski definition) is 3. The number of hydrogen-bond donors (Lipinski definition) is 1. The summed E-state index contributed by atoms with van der Waals surface area (Å²) in [6, 6.07) is 3.82. The summed E-state index contributed by atoms with van der Waals surface area (Å²) < 4.78 is 7.20. The van der Waals surface area contributed by atoms with E-state index in [0.717, 1.165) is 36.5 Å². The molecule has 1 N–H and O–H groups in total. The number of pyridine rings is 1. The molecule has 0 aliphatic rings. The second kappa shape index (κ2) is 5.38. The number of methoxy groups -OCH3 is 1. The van der Waals surface area contributed by atoms with Crippen molar-refractivity contribution in [3.05, 3.63) is 29.3 Å². The molecule has 0 aliphatic carbocycles. The molecule has 0 amide bonds. The van der Waals surface area contributed by atoms with Gasteiger partial charge < -0.3 is 10.1 Å². The van der Waals surface area contributed by atoms with Crippen molar-refractivity contribution in [1.82, 2.24) is 14.7 Å². The van der Waals surface area contributed by atoms with Gasteiger partial charge in [-0.15, -0.1) is 0 Å². The molecule has 0 unspecified atom stereocenters. The van der Waals surface area contributed by atoms with Crippen molar-refractivity contribution in [2.45, 2.75) is 12.8 Å². The number of aryl methyl sites for hydroxylation is 1. The molecule has 0 bridgehead atoms. The van der Waals surface area contributed by atoms with Crippen molar-refractivity contribution >= 4 is 17.1 Å². The van der Waals surface area contributed by atoms with Gasteiger partial charge in [-0.05, 0) is 32.1 Å². The van der Waals surface area contributed by atoms with Crippen LogP contribution in [-0.4, -0.2) is 30.1 Å². The molecule has 0 radical (unpaired) electrons. The van der Waals surface area contributed by atoms with Crippen molar-refractivity contribution < 1.29 is 4.74 Å². The fourth-order valence-electron chi connectivity index (χ4n) is 1.81. The number of ether oxygens (including phenoxy) is 1. The number of halogens is 1. The Morgan fingerprint density at radius 3 is 3.00 bits per heavy atom. The minimum absolute atomic E-state index is 0.548. The molecule has 0 spiro atoms. The third-order valence-corrected chi connectivity index (χ3v) is 2.98. The Morgan fingerprint density at radius 1 is 1.47 bits per heavy atom. The van der Waals surface area contributed by atoms with Crippen LogP contribution in [-0.2, 0) is 6.42 Å². The first-order valence-corrected chi connectivity index (χ1v) is 5.99. The fraction of sp³-hybridized carbons (Fsp3) is 0.417. The van der Waals surface area contributed by atoms with Gasteiger partial charge in [-0.3, -0.25) is 4.40 Å². The number of nitrogens with zero attached hydrogens (tertiary/aromatic N) is 2. The topological polar surface area (TPSA) is 38.6 Å². The first kappa shape index (κ1) is 12.2. The largest absolute Gasteiger partial charge is 0.495 e. The molecule has 2 heterocycles. The van der Waals surface area contributed by atoms with E-state index in [1.54, 1.807) is 7.11 Å². The van der Waals surface area contributed by atoms with Crippen LogP contribution in [0.5, 0.6) is 5.75 Å². The summed E-state index contributed by atoms with van der Waals surface area (Å²) in [5, 5.41) is 3.67. The van der Waals surface area contributed by atoms with Gasteiger partial charge in [0.15, 0.2) is 5.15 Å². The predicted octanol–water partition coefficient (Wildman–Crippen LogP) is 2.15. The van der Waals surface area contributed by atoms with E-state index in [0.29, 0.717) is 5.15 Å². The molecule has 4 nitrogen and oxygen atoms in total. The first-order valence-electron chi connectivity index (χ1n) is 5.61. The Hall–Kier alpha value is -1.26. The van der Waals surface area contributed by atoms with Crippen LogP contribution in [0.4, 0.5) is 0 Å². The van der Waals surface area contributed by atoms with Crippen molar-refractivity contribution in [3.63, 3.8) is 0 Å². The second-order valence-electron chi connectivity index (χ2n) is 3.85. The Balaban J connectivity index is 2.34. The highest BCUT2D eigenvalue weighted by molar-refractivity contribution is 6.32. The van der Waals surface area contributed by atoms with Crippen LogP contribution in [0, 0.1) is 0 Å². The quantitative estimate of drug-likeness (QED) is 0.830. The Bertz CT molecular complexity index is 510. The lowest BCUT2D eigenvalue weighted by atomic mass is 10.3. The summed E-state index contributed by atoms with van der Waals surface area (Å²) in [6.07, 6.45) is 3.84. The lowest BCUT2D eigenvalue weighted by molar-refractivity contribution is 0.412. The maximum absolute atomic E-state index is 6.10. The van der Waals surface area contributed by atoms with Crippen LogP contribution in [0.3, 0.4) is 0 Å². The maximum Gasteiger partial charge on any atom is 0.155 e. The first-order chi connectivity index (χ1) is 8.26. The van der Waals surface area contributed by atoms with Crippen molar-refractivity contribution in [2.75, 3.05) is 20.7 Å². The van der Waals surface area contributed by atoms with E-state index >= 15 is 0 Å². The molecule has 0 atom stereocenters. The standard InChI is InChI=1S/C12H16ClN3O/c1-14-7-3-4-11-15-12(13)10-6-5-9(17-2)8-16(10)11/h5-6,8,14H,3-4,7H2,1-2H3. The minimum atomic E-state index is 0.548. The molecule has 0 fully saturated rings. The van der Waals surface area contributed by atoms with Crippen LogP contribution in [0.2, 0.25) is 5.15 Å². The smallest absolute Gasteiger partial charge is 0.155 e. The zero-order chi connectivity index (χ0) is 12.3. The zero-order valence-electron chi connectivity index (χ0n) is 10.0. The van der Waals surface area contributed by atoms with Crippen LogP contribution < -0.4 is 10.1 Å². The van der Waals surface area contributed by atoms with Crippen LogP contribution in [0.25, 0.3) is 5.52 Å². The zero-order valence-corrected chi connectivity index (χ0v) is 10.8. The third-order valence-electron chi connectivity index (χ3n) is 2.70. The molecule has 0 aromatic carbocycles. The average Bonchev–Trinajstić information content (AvgIpc) is 2.66. The van der Waals surface area contributed by atoms with E-state index in [4.69, 9.17) is 16.3 Å². The maximum atomic E-state index is 6.10. The molecular weight excluding hydrogens is 238 g/mol. The van der Waals surface area contributed by atoms with Crippen LogP contribution in [0.15, 0.2) is 18.3 Å². The summed E-state index contributed by atoms with van der Waals surface area (Å²) >= 11 is 6.10. The average molecular weight is 254 g/mol. The molecule has 2 aromatic heterocycles. The Labute approximate surface area is 106 Å². The van der Waals surface area contributed by atoms with Crippen molar-refractivity contribution in [3.8, 4) is 5.75 Å². The van der Waals surface area contributed by atoms with Gasteiger partial charge in [0.1, 0.15) is 11.6 Å². The lowest BCUT2D eigenvalue weighted by Gasteiger charge is -2.04. The highest BCUT2D eigenvalue weighted by Gasteiger charge is 2.09. The summed E-state index contributed by atoms with van der Waals surface area (Å²) in [4.78, 5) is 4.38. The number of fused-ring (bicyclic) bond motifs is 1. The summed E-state index contributed by atoms with van der Waals surface area (Å²) in [6.45, 7) is 0.969. The van der Waals surface area contributed by atoms with Crippen LogP contribution in [0.1, 0.15) is 12.2 Å². The monoisotopic (exact) mass is 253 g/mol. The fourth-order valence-corrected chi connectivity index (χ4v) is 2.06. The van der Waals surface area contributed by atoms with E-state index in [2.05, 4.69) is 10.3 Å². The van der Waals surface area contributed by atoms with Gasteiger partial charge in [0.05, 0.1) is 18.8 Å². The minimum Gasteiger partial charge on any atom is -0.495 e. The molecule has 17 heavy (non-hydrogen) atoms. The molecule has 0 aliphatic heterocycles. The van der Waals surface area contributed by atoms with Gasteiger partial charge >= 0.3 is 0 Å². The van der Waals surface area contributed by atoms with Gasteiger partial charge in [0.25, 0.3) is 0 Å². The van der Waals surface area contributed by atoms with Crippen molar-refractivity contribution in [2.24, 2.45) is 0 Å². The molecule has 92 valence electrons. The van der Waals surface area contributed by atoms with E-state index in [1.165, 1.54) is 0 Å². The normalized spacial score (nSPS) is 11.0. The number of nitrogens with one attached hydrogen (secondary N) is 1. The van der Waals surface area contributed by atoms with Crippen LogP contribution >= 0.6 is 11.6 Å². The van der Waals surface area contributed by atoms with Crippen molar-refractivity contribution in [1.29, 1.82) is 0 Å².